The molecule has 0 radical (unpaired) electrons. The SMILES string of the molecule is CCCCS(=O)(=O)NCCCN1CCNCC1. The predicted octanol–water partition coefficient (Wildman–Crippen LogP) is 0.00120. The number of nitrogens with one attached hydrogen (secondary N) is 2. The molecule has 0 spiro atoms. The van der Waals surface area contributed by atoms with Crippen molar-refractivity contribution in [1.29, 1.82) is 0 Å². The highest BCUT2D eigenvalue weighted by Gasteiger charge is 2.10. The van der Waals surface area contributed by atoms with Crippen molar-refractivity contribution in [3.63, 3.8) is 0 Å². The van der Waals surface area contributed by atoms with E-state index in [2.05, 4.69) is 14.9 Å². The van der Waals surface area contributed by atoms with Crippen LogP contribution in [0.2, 0.25) is 0 Å². The smallest absolute Gasteiger partial charge is 0.211 e. The first kappa shape index (κ1) is 14.9. The van der Waals surface area contributed by atoms with Crippen LogP contribution in [0.1, 0.15) is 26.2 Å². The molecule has 17 heavy (non-hydrogen) atoms. The highest BCUT2D eigenvalue weighted by atomic mass is 32.2. The molecular formula is C11H25N3O2S. The average Bonchev–Trinajstić information content (AvgIpc) is 2.34. The third kappa shape index (κ3) is 6.98. The number of rotatable bonds is 8. The molecule has 0 saturated carbocycles. The number of piperazine rings is 1. The Kier molecular flexibility index (Phi) is 7.03. The highest BCUT2D eigenvalue weighted by Crippen LogP contribution is 1.96. The van der Waals surface area contributed by atoms with Gasteiger partial charge in [0.05, 0.1) is 5.75 Å². The highest BCUT2D eigenvalue weighted by molar-refractivity contribution is 7.89. The fraction of sp³-hybridized carbons (Fsp3) is 1.00. The minimum Gasteiger partial charge on any atom is -0.314 e. The molecule has 102 valence electrons. The minimum atomic E-state index is -3.03. The quantitative estimate of drug-likeness (QED) is 0.605. The Morgan fingerprint density at radius 2 is 1.94 bits per heavy atom. The summed E-state index contributed by atoms with van der Waals surface area (Å²) in [7, 11) is -3.03. The van der Waals surface area contributed by atoms with E-state index in [-0.39, 0.29) is 5.75 Å². The van der Waals surface area contributed by atoms with Crippen LogP contribution in [-0.2, 0) is 10.0 Å². The molecule has 0 amide bonds. The average molecular weight is 263 g/mol. The molecule has 0 atom stereocenters. The normalized spacial score (nSPS) is 18.4. The number of nitrogens with zero attached hydrogens (tertiary/aromatic N) is 1. The zero-order valence-corrected chi connectivity index (χ0v) is 11.6. The van der Waals surface area contributed by atoms with Crippen molar-refractivity contribution in [2.75, 3.05) is 45.0 Å². The van der Waals surface area contributed by atoms with Crippen LogP contribution in [-0.4, -0.2) is 58.3 Å². The van der Waals surface area contributed by atoms with Crippen LogP contribution in [0.15, 0.2) is 0 Å². The van der Waals surface area contributed by atoms with Gasteiger partial charge >= 0.3 is 0 Å². The summed E-state index contributed by atoms with van der Waals surface area (Å²) in [5, 5.41) is 3.30. The number of unbranched alkanes of at least 4 members (excludes halogenated alkanes) is 1. The summed E-state index contributed by atoms with van der Waals surface area (Å²) >= 11 is 0. The van der Waals surface area contributed by atoms with Gasteiger partial charge < -0.3 is 10.2 Å². The van der Waals surface area contributed by atoms with Crippen molar-refractivity contribution in [3.8, 4) is 0 Å². The number of hydrogen-bond acceptors (Lipinski definition) is 4. The maximum absolute atomic E-state index is 11.5. The monoisotopic (exact) mass is 263 g/mol. The van der Waals surface area contributed by atoms with Gasteiger partial charge in [0.2, 0.25) is 10.0 Å². The summed E-state index contributed by atoms with van der Waals surface area (Å²) in [6, 6.07) is 0. The van der Waals surface area contributed by atoms with Crippen LogP contribution < -0.4 is 10.0 Å². The van der Waals surface area contributed by atoms with Crippen LogP contribution in [0.25, 0.3) is 0 Å². The second-order valence-electron chi connectivity index (χ2n) is 4.51. The lowest BCUT2D eigenvalue weighted by Gasteiger charge is -2.27. The van der Waals surface area contributed by atoms with Crippen LogP contribution in [0, 0.1) is 0 Å². The molecule has 1 aliphatic rings. The Labute approximate surface area is 105 Å². The molecule has 1 aliphatic heterocycles. The molecule has 0 unspecified atom stereocenters. The molecule has 2 N–H and O–H groups in total. The minimum absolute atomic E-state index is 0.261. The molecule has 0 aromatic carbocycles. The Bertz CT molecular complexity index is 287. The standard InChI is InChI=1S/C11H25N3O2S/c1-2-3-11-17(15,16)13-5-4-8-14-9-6-12-7-10-14/h12-13H,2-11H2,1H3. The van der Waals surface area contributed by atoms with E-state index in [0.717, 1.165) is 52.0 Å². The van der Waals surface area contributed by atoms with Gasteiger partial charge in [-0.1, -0.05) is 13.3 Å². The van der Waals surface area contributed by atoms with E-state index in [1.165, 1.54) is 0 Å². The van der Waals surface area contributed by atoms with Gasteiger partial charge in [-0.15, -0.1) is 0 Å². The number of hydrogen-bond donors (Lipinski definition) is 2. The predicted molar refractivity (Wildman–Crippen MR) is 70.6 cm³/mol. The molecule has 5 nitrogen and oxygen atoms in total. The van der Waals surface area contributed by atoms with Crippen molar-refractivity contribution in [3.05, 3.63) is 0 Å². The second kappa shape index (κ2) is 8.02. The topological polar surface area (TPSA) is 61.4 Å². The van der Waals surface area contributed by atoms with Gasteiger partial charge in [0.15, 0.2) is 0 Å². The summed E-state index contributed by atoms with van der Waals surface area (Å²) in [4.78, 5) is 2.37. The lowest BCUT2D eigenvalue weighted by Crippen LogP contribution is -2.44. The van der Waals surface area contributed by atoms with E-state index in [1.54, 1.807) is 0 Å². The fourth-order valence-electron chi connectivity index (χ4n) is 1.87. The van der Waals surface area contributed by atoms with Gasteiger partial charge in [0.25, 0.3) is 0 Å². The molecule has 0 aliphatic carbocycles. The van der Waals surface area contributed by atoms with Crippen molar-refractivity contribution >= 4 is 10.0 Å². The van der Waals surface area contributed by atoms with Gasteiger partial charge in [-0.2, -0.15) is 0 Å². The molecule has 0 aromatic heterocycles. The first-order chi connectivity index (χ1) is 8.14. The van der Waals surface area contributed by atoms with E-state index in [4.69, 9.17) is 0 Å². The lowest BCUT2D eigenvalue weighted by atomic mass is 10.3. The fourth-order valence-corrected chi connectivity index (χ4v) is 3.14. The summed E-state index contributed by atoms with van der Waals surface area (Å²) in [5.41, 5.74) is 0. The lowest BCUT2D eigenvalue weighted by molar-refractivity contribution is 0.239. The van der Waals surface area contributed by atoms with Crippen LogP contribution in [0.5, 0.6) is 0 Å². The van der Waals surface area contributed by atoms with Crippen LogP contribution in [0.3, 0.4) is 0 Å². The van der Waals surface area contributed by atoms with Crippen LogP contribution >= 0.6 is 0 Å². The van der Waals surface area contributed by atoms with Crippen molar-refractivity contribution in [2.45, 2.75) is 26.2 Å². The Morgan fingerprint density at radius 3 is 2.59 bits per heavy atom. The third-order valence-electron chi connectivity index (χ3n) is 2.95. The molecule has 1 heterocycles. The summed E-state index contributed by atoms with van der Waals surface area (Å²) in [6.07, 6.45) is 2.56. The zero-order chi connectivity index (χ0) is 12.6. The Morgan fingerprint density at radius 1 is 1.24 bits per heavy atom. The number of sulfonamides is 1. The van der Waals surface area contributed by atoms with Crippen LogP contribution in [0.4, 0.5) is 0 Å². The molecular weight excluding hydrogens is 238 g/mol. The first-order valence-electron chi connectivity index (χ1n) is 6.54. The van der Waals surface area contributed by atoms with E-state index >= 15 is 0 Å². The van der Waals surface area contributed by atoms with Gasteiger partial charge in [0, 0.05) is 32.7 Å². The molecule has 1 saturated heterocycles. The van der Waals surface area contributed by atoms with E-state index in [1.807, 2.05) is 6.92 Å². The van der Waals surface area contributed by atoms with Gasteiger partial charge in [-0.3, -0.25) is 0 Å². The van der Waals surface area contributed by atoms with Crippen molar-refractivity contribution in [2.24, 2.45) is 0 Å². The zero-order valence-electron chi connectivity index (χ0n) is 10.7. The molecule has 1 rings (SSSR count). The van der Waals surface area contributed by atoms with E-state index < -0.39 is 10.0 Å². The summed E-state index contributed by atoms with van der Waals surface area (Å²) in [5.74, 6) is 0.261. The Hall–Kier alpha value is -0.170. The Balaban J connectivity index is 2.06. The van der Waals surface area contributed by atoms with E-state index in [0.29, 0.717) is 6.54 Å². The van der Waals surface area contributed by atoms with Crippen molar-refractivity contribution in [1.82, 2.24) is 14.9 Å². The van der Waals surface area contributed by atoms with Gasteiger partial charge in [-0.25, -0.2) is 13.1 Å². The summed E-state index contributed by atoms with van der Waals surface area (Å²) < 4.78 is 25.7. The largest absolute Gasteiger partial charge is 0.314 e. The van der Waals surface area contributed by atoms with Crippen molar-refractivity contribution < 1.29 is 8.42 Å². The maximum atomic E-state index is 11.5. The van der Waals surface area contributed by atoms with Gasteiger partial charge in [0.1, 0.15) is 0 Å². The van der Waals surface area contributed by atoms with E-state index in [9.17, 15) is 8.42 Å². The summed E-state index contributed by atoms with van der Waals surface area (Å²) in [6.45, 7) is 7.78. The first-order valence-corrected chi connectivity index (χ1v) is 8.19. The molecule has 0 bridgehead atoms. The maximum Gasteiger partial charge on any atom is 0.211 e. The third-order valence-corrected chi connectivity index (χ3v) is 4.42. The van der Waals surface area contributed by atoms with Gasteiger partial charge in [-0.05, 0) is 19.4 Å². The molecule has 6 heteroatoms. The molecule has 1 fully saturated rings. The molecule has 0 aromatic rings. The second-order valence-corrected chi connectivity index (χ2v) is 6.44.